The second-order valence-electron chi connectivity index (χ2n) is 23.5. The summed E-state index contributed by atoms with van der Waals surface area (Å²) in [7, 11) is 1.45. The molecule has 0 aliphatic rings. The van der Waals surface area contributed by atoms with Crippen LogP contribution in [0.1, 0.15) is 258 Å². The van der Waals surface area contributed by atoms with E-state index in [-0.39, 0.29) is 32.0 Å². The number of ether oxygens (including phenoxy) is 2. The number of phosphoric acid groups is 1. The zero-order valence-electron chi connectivity index (χ0n) is 55.5. The van der Waals surface area contributed by atoms with Crippen molar-refractivity contribution in [1.29, 1.82) is 0 Å². The first-order valence-electron chi connectivity index (χ1n) is 34.2. The van der Waals surface area contributed by atoms with E-state index < -0.39 is 26.5 Å². The van der Waals surface area contributed by atoms with Gasteiger partial charge in [0.1, 0.15) is 19.8 Å². The molecule has 0 bridgehead atoms. The zero-order valence-corrected chi connectivity index (χ0v) is 56.4. The first-order valence-corrected chi connectivity index (χ1v) is 35.7. The van der Waals surface area contributed by atoms with Crippen molar-refractivity contribution in [3.05, 3.63) is 158 Å². The van der Waals surface area contributed by atoms with Crippen molar-refractivity contribution in [3.8, 4) is 0 Å². The molecule has 2 atom stereocenters. The van der Waals surface area contributed by atoms with Crippen LogP contribution in [0.5, 0.6) is 0 Å². The van der Waals surface area contributed by atoms with Crippen LogP contribution in [0.25, 0.3) is 0 Å². The second-order valence-corrected chi connectivity index (χ2v) is 24.9. The van der Waals surface area contributed by atoms with Gasteiger partial charge in [-0.05, 0) is 128 Å². The van der Waals surface area contributed by atoms with Gasteiger partial charge in [-0.15, -0.1) is 0 Å². The predicted molar refractivity (Wildman–Crippen MR) is 371 cm³/mol. The molecule has 0 spiro atoms. The number of unbranched alkanes of at least 4 members (excludes halogenated alkanes) is 21. The molecule has 9 nitrogen and oxygen atoms in total. The van der Waals surface area contributed by atoms with E-state index in [4.69, 9.17) is 18.5 Å². The number of likely N-dealkylation sites (N-methyl/N-ethyl adjacent to an activating group) is 1. The molecule has 0 aliphatic heterocycles. The standard InChI is InChI=1S/C76H126NO8P/c1-6-8-10-12-14-16-18-20-22-24-26-28-29-30-31-32-33-34-35-36-37-38-39-40-41-42-43-44-45-46-47-49-51-53-55-57-59-61-63-65-67-69-76(79)85-74(73-84-86(80,81)83-71-70-77(3,4)5)72-82-75(78)68-66-64-62-60-58-56-54-52-50-48-27-25-23-21-19-17-15-13-11-9-7-2/h8,10,14,16,19-22,25-28,30-31,33-34,36-37,39-40,42-43,45-46,50,52,74H,6-7,9,11-13,15,17-18,23-24,29,32,35,38,41,44,47-49,51,53-73H2,1-5H3/p+1/b10-8-,16-14-,21-19-,22-20-,27-25-,28-26-,31-30-,34-33-,37-36-,40-39-,43-42-,46-45-,52-50-. The Labute approximate surface area is 528 Å². The topological polar surface area (TPSA) is 108 Å². The van der Waals surface area contributed by atoms with Crippen LogP contribution in [0.3, 0.4) is 0 Å². The highest BCUT2D eigenvalue weighted by Crippen LogP contribution is 2.43. The third kappa shape index (κ3) is 68.7. The molecular weight excluding hydrogens is 1090 g/mol. The lowest BCUT2D eigenvalue weighted by Crippen LogP contribution is -2.37. The van der Waals surface area contributed by atoms with Gasteiger partial charge < -0.3 is 18.9 Å². The molecule has 0 aromatic rings. The van der Waals surface area contributed by atoms with E-state index >= 15 is 0 Å². The number of quaternary nitrogens is 1. The van der Waals surface area contributed by atoms with Crippen molar-refractivity contribution in [2.75, 3.05) is 47.5 Å². The summed E-state index contributed by atoms with van der Waals surface area (Å²) < 4.78 is 34.6. The van der Waals surface area contributed by atoms with Gasteiger partial charge in [-0.2, -0.15) is 0 Å². The van der Waals surface area contributed by atoms with Gasteiger partial charge in [0.2, 0.25) is 0 Å². The molecule has 0 aliphatic carbocycles. The summed E-state index contributed by atoms with van der Waals surface area (Å²) in [4.78, 5) is 35.8. The van der Waals surface area contributed by atoms with Crippen LogP contribution in [-0.4, -0.2) is 74.9 Å². The minimum absolute atomic E-state index is 0.0210. The number of phosphoric ester groups is 1. The second kappa shape index (κ2) is 65.1. The molecule has 1 N–H and O–H groups in total. The first-order chi connectivity index (χ1) is 42.0. The van der Waals surface area contributed by atoms with E-state index in [2.05, 4.69) is 172 Å². The van der Waals surface area contributed by atoms with Crippen molar-refractivity contribution in [3.63, 3.8) is 0 Å². The maximum absolute atomic E-state index is 12.9. The summed E-state index contributed by atoms with van der Waals surface area (Å²) >= 11 is 0. The molecule has 0 aromatic heterocycles. The molecule has 0 radical (unpaired) electrons. The molecule has 86 heavy (non-hydrogen) atoms. The normalized spacial score (nSPS) is 14.2. The molecule has 0 saturated heterocycles. The lowest BCUT2D eigenvalue weighted by molar-refractivity contribution is -0.870. The lowest BCUT2D eigenvalue weighted by Gasteiger charge is -2.24. The molecule has 488 valence electrons. The molecule has 0 amide bonds. The van der Waals surface area contributed by atoms with Gasteiger partial charge in [0.05, 0.1) is 27.7 Å². The summed E-state index contributed by atoms with van der Waals surface area (Å²) in [6.07, 6.45) is 97.6. The summed E-state index contributed by atoms with van der Waals surface area (Å²) in [6, 6.07) is 0. The number of hydrogen-bond acceptors (Lipinski definition) is 7. The average Bonchev–Trinajstić information content (AvgIpc) is 3.70. The Hall–Kier alpha value is -4.37. The number of rotatable bonds is 61. The Morgan fingerprint density at radius 2 is 0.663 bits per heavy atom. The van der Waals surface area contributed by atoms with Gasteiger partial charge in [-0.3, -0.25) is 18.6 Å². The summed E-state index contributed by atoms with van der Waals surface area (Å²) in [5, 5.41) is 0. The van der Waals surface area contributed by atoms with Crippen molar-refractivity contribution >= 4 is 19.8 Å². The highest BCUT2D eigenvalue weighted by atomic mass is 31.2. The summed E-state index contributed by atoms with van der Waals surface area (Å²) in [5.74, 6) is -0.824. The van der Waals surface area contributed by atoms with Crippen molar-refractivity contribution in [2.24, 2.45) is 0 Å². The van der Waals surface area contributed by atoms with Crippen LogP contribution < -0.4 is 0 Å². The van der Waals surface area contributed by atoms with Gasteiger partial charge in [0.15, 0.2) is 6.10 Å². The average molecular weight is 1210 g/mol. The third-order valence-electron chi connectivity index (χ3n) is 14.0. The van der Waals surface area contributed by atoms with Gasteiger partial charge in [-0.25, -0.2) is 4.57 Å². The Bertz CT molecular complexity index is 2010. The minimum atomic E-state index is -4.40. The fourth-order valence-electron chi connectivity index (χ4n) is 8.82. The summed E-state index contributed by atoms with van der Waals surface area (Å²) in [5.41, 5.74) is 0. The molecule has 2 unspecified atom stereocenters. The Morgan fingerprint density at radius 1 is 0.372 bits per heavy atom. The minimum Gasteiger partial charge on any atom is -0.462 e. The molecule has 0 fully saturated rings. The Kier molecular flexibility index (Phi) is 61.8. The molecule has 0 rings (SSSR count). The van der Waals surface area contributed by atoms with Crippen LogP contribution in [0.4, 0.5) is 0 Å². The number of esters is 2. The Morgan fingerprint density at radius 3 is 0.988 bits per heavy atom. The maximum Gasteiger partial charge on any atom is 0.472 e. The van der Waals surface area contributed by atoms with E-state index in [9.17, 15) is 19.0 Å². The van der Waals surface area contributed by atoms with Crippen molar-refractivity contribution in [1.82, 2.24) is 0 Å². The van der Waals surface area contributed by atoms with Crippen molar-refractivity contribution in [2.45, 2.75) is 264 Å². The SMILES string of the molecule is CC/C=C\C/C=C\C/C=C\C/C=C\C/C=C\C/C=C\C/C=C\C/C=C\C/C=C\C/C=C\CCCCCCCCCCCCC(=O)OC(COC(=O)CCCCCCCC/C=C\C/C=C\C/C=C\CCCCCCC)COP(=O)(O)OCC[N+](C)(C)C. The monoisotopic (exact) mass is 1210 g/mol. The third-order valence-corrected chi connectivity index (χ3v) is 15.0. The molecule has 10 heteroatoms. The number of carbonyl (C=O) groups excluding carboxylic acids is 2. The quantitative estimate of drug-likeness (QED) is 0.0211. The first kappa shape index (κ1) is 81.6. The number of carbonyl (C=O) groups is 2. The number of nitrogens with zero attached hydrogens (tertiary/aromatic N) is 1. The van der Waals surface area contributed by atoms with Gasteiger partial charge >= 0.3 is 19.8 Å². The number of hydrogen-bond donors (Lipinski definition) is 1. The van der Waals surface area contributed by atoms with Crippen LogP contribution >= 0.6 is 7.82 Å². The fraction of sp³-hybridized carbons (Fsp3) is 0.632. The number of allylic oxidation sites excluding steroid dienone is 26. The van der Waals surface area contributed by atoms with E-state index in [1.54, 1.807) is 0 Å². The lowest BCUT2D eigenvalue weighted by atomic mass is 10.0. The largest absolute Gasteiger partial charge is 0.472 e. The van der Waals surface area contributed by atoms with Gasteiger partial charge in [-0.1, -0.05) is 275 Å². The van der Waals surface area contributed by atoms with Crippen LogP contribution in [-0.2, 0) is 32.7 Å². The Balaban J connectivity index is 4.12. The fourth-order valence-corrected chi connectivity index (χ4v) is 9.56. The molecule has 0 heterocycles. The van der Waals surface area contributed by atoms with E-state index in [1.807, 2.05) is 21.1 Å². The van der Waals surface area contributed by atoms with E-state index in [0.29, 0.717) is 17.4 Å². The zero-order chi connectivity index (χ0) is 62.6. The van der Waals surface area contributed by atoms with Crippen LogP contribution in [0, 0.1) is 0 Å². The van der Waals surface area contributed by atoms with E-state index in [1.165, 1.54) is 89.9 Å². The predicted octanol–water partition coefficient (Wildman–Crippen LogP) is 22.4. The van der Waals surface area contributed by atoms with Gasteiger partial charge in [0.25, 0.3) is 0 Å². The van der Waals surface area contributed by atoms with Crippen molar-refractivity contribution < 1.29 is 42.1 Å². The van der Waals surface area contributed by atoms with E-state index in [0.717, 1.165) is 135 Å². The highest BCUT2D eigenvalue weighted by molar-refractivity contribution is 7.47. The van der Waals surface area contributed by atoms with Gasteiger partial charge in [0, 0.05) is 12.8 Å². The summed E-state index contributed by atoms with van der Waals surface area (Å²) in [6.45, 7) is 4.28. The maximum atomic E-state index is 12.9. The molecule has 0 aromatic carbocycles. The van der Waals surface area contributed by atoms with Crippen LogP contribution in [0.15, 0.2) is 158 Å². The molecular formula is C76H127NO8P+. The highest BCUT2D eigenvalue weighted by Gasteiger charge is 2.27. The molecule has 0 saturated carbocycles. The van der Waals surface area contributed by atoms with Crippen LogP contribution in [0.2, 0.25) is 0 Å². The smallest absolute Gasteiger partial charge is 0.462 e.